The monoisotopic (exact) mass is 367 g/mol. The molecule has 0 aliphatic heterocycles. The Morgan fingerprint density at radius 2 is 1.43 bits per heavy atom. The van der Waals surface area contributed by atoms with Crippen LogP contribution in [0.15, 0.2) is 78.9 Å². The summed E-state index contributed by atoms with van der Waals surface area (Å²) in [6.45, 7) is 1.83. The van der Waals surface area contributed by atoms with E-state index in [0.29, 0.717) is 22.0 Å². The Kier molecular flexibility index (Phi) is 4.90. The second kappa shape index (κ2) is 7.65. The van der Waals surface area contributed by atoms with E-state index in [4.69, 9.17) is 4.98 Å². The number of aromatic carboxylic acids is 1. The Bertz CT molecular complexity index is 1130. The number of carbonyl (C=O) groups is 1. The van der Waals surface area contributed by atoms with Crippen LogP contribution >= 0.6 is 0 Å². The lowest BCUT2D eigenvalue weighted by Gasteiger charge is -2.12. The molecule has 0 aliphatic rings. The van der Waals surface area contributed by atoms with Crippen LogP contribution in [0, 0.1) is 6.92 Å². The molecule has 0 aliphatic carbocycles. The predicted octanol–water partition coefficient (Wildman–Crippen LogP) is 5.69. The molecule has 0 unspecified atom stereocenters. The number of fused-ring (bicyclic) bond motifs is 1. The third kappa shape index (κ3) is 3.52. The van der Waals surface area contributed by atoms with Crippen LogP contribution in [-0.4, -0.2) is 16.1 Å². The molecule has 1 N–H and O–H groups in total. The number of benzene rings is 3. The van der Waals surface area contributed by atoms with Gasteiger partial charge in [0.2, 0.25) is 0 Å². The van der Waals surface area contributed by atoms with Crippen molar-refractivity contribution in [3.63, 3.8) is 0 Å². The SMILES string of the molecule is Cc1c(-c2ccc(CCc3ccccc3)cc2)nc2ccccc2c1C(=O)O. The van der Waals surface area contributed by atoms with Gasteiger partial charge in [0.25, 0.3) is 0 Å². The van der Waals surface area contributed by atoms with Crippen LogP contribution < -0.4 is 0 Å². The van der Waals surface area contributed by atoms with Gasteiger partial charge >= 0.3 is 5.97 Å². The van der Waals surface area contributed by atoms with E-state index < -0.39 is 5.97 Å². The van der Waals surface area contributed by atoms with Gasteiger partial charge in [-0.15, -0.1) is 0 Å². The highest BCUT2D eigenvalue weighted by Gasteiger charge is 2.17. The second-order valence-corrected chi connectivity index (χ2v) is 6.97. The second-order valence-electron chi connectivity index (χ2n) is 6.97. The first-order valence-corrected chi connectivity index (χ1v) is 9.39. The molecule has 0 amide bonds. The molecule has 28 heavy (non-hydrogen) atoms. The van der Waals surface area contributed by atoms with E-state index in [1.54, 1.807) is 0 Å². The van der Waals surface area contributed by atoms with Crippen LogP contribution in [0.1, 0.15) is 27.0 Å². The van der Waals surface area contributed by atoms with Crippen LogP contribution in [-0.2, 0) is 12.8 Å². The summed E-state index contributed by atoms with van der Waals surface area (Å²) < 4.78 is 0. The van der Waals surface area contributed by atoms with Crippen molar-refractivity contribution >= 4 is 16.9 Å². The van der Waals surface area contributed by atoms with Crippen molar-refractivity contribution in [3.05, 3.63) is 101 Å². The van der Waals surface area contributed by atoms with E-state index in [2.05, 4.69) is 36.4 Å². The number of carboxylic acid groups (broad SMARTS) is 1. The van der Waals surface area contributed by atoms with Crippen molar-refractivity contribution in [2.24, 2.45) is 0 Å². The number of pyridine rings is 1. The molecule has 4 rings (SSSR count). The Morgan fingerprint density at radius 1 is 0.821 bits per heavy atom. The van der Waals surface area contributed by atoms with Gasteiger partial charge in [-0.05, 0) is 42.5 Å². The highest BCUT2D eigenvalue weighted by molar-refractivity contribution is 6.05. The molecule has 0 bridgehead atoms. The van der Waals surface area contributed by atoms with Gasteiger partial charge in [-0.25, -0.2) is 9.78 Å². The first-order chi connectivity index (χ1) is 13.6. The molecule has 3 nitrogen and oxygen atoms in total. The van der Waals surface area contributed by atoms with Crippen molar-refractivity contribution < 1.29 is 9.90 Å². The molecule has 3 heteroatoms. The summed E-state index contributed by atoms with van der Waals surface area (Å²) in [6.07, 6.45) is 1.96. The molecule has 3 aromatic carbocycles. The first-order valence-electron chi connectivity index (χ1n) is 9.39. The largest absolute Gasteiger partial charge is 0.478 e. The topological polar surface area (TPSA) is 50.2 Å². The van der Waals surface area contributed by atoms with E-state index in [1.165, 1.54) is 11.1 Å². The van der Waals surface area contributed by atoms with E-state index in [1.807, 2.05) is 49.4 Å². The summed E-state index contributed by atoms with van der Waals surface area (Å²) in [5, 5.41) is 10.4. The minimum atomic E-state index is -0.920. The summed E-state index contributed by atoms with van der Waals surface area (Å²) in [4.78, 5) is 16.6. The van der Waals surface area contributed by atoms with Gasteiger partial charge in [-0.1, -0.05) is 72.8 Å². The van der Waals surface area contributed by atoms with Crippen molar-refractivity contribution in [1.29, 1.82) is 0 Å². The molecule has 138 valence electrons. The normalized spacial score (nSPS) is 10.9. The van der Waals surface area contributed by atoms with Crippen molar-refractivity contribution in [3.8, 4) is 11.3 Å². The van der Waals surface area contributed by atoms with Crippen LogP contribution in [0.2, 0.25) is 0 Å². The fraction of sp³-hybridized carbons (Fsp3) is 0.120. The molecule has 1 aromatic heterocycles. The number of hydrogen-bond donors (Lipinski definition) is 1. The van der Waals surface area contributed by atoms with Crippen molar-refractivity contribution in [1.82, 2.24) is 4.98 Å². The van der Waals surface area contributed by atoms with Gasteiger partial charge in [0.1, 0.15) is 0 Å². The third-order valence-corrected chi connectivity index (χ3v) is 5.12. The third-order valence-electron chi connectivity index (χ3n) is 5.12. The number of carboxylic acids is 1. The Morgan fingerprint density at radius 3 is 2.11 bits per heavy atom. The van der Waals surface area contributed by atoms with Gasteiger partial charge < -0.3 is 5.11 Å². The maximum atomic E-state index is 11.9. The maximum Gasteiger partial charge on any atom is 0.336 e. The number of aromatic nitrogens is 1. The number of aryl methyl sites for hydroxylation is 2. The van der Waals surface area contributed by atoms with E-state index in [-0.39, 0.29) is 0 Å². The number of para-hydroxylation sites is 1. The summed E-state index contributed by atoms with van der Waals surface area (Å²) in [5.74, 6) is -0.920. The molecule has 0 atom stereocenters. The number of rotatable bonds is 5. The van der Waals surface area contributed by atoms with Crippen molar-refractivity contribution in [2.45, 2.75) is 19.8 Å². The molecule has 0 saturated heterocycles. The van der Waals surface area contributed by atoms with Crippen LogP contribution in [0.25, 0.3) is 22.2 Å². The summed E-state index contributed by atoms with van der Waals surface area (Å²) in [5.41, 5.74) is 5.97. The highest BCUT2D eigenvalue weighted by Crippen LogP contribution is 2.30. The van der Waals surface area contributed by atoms with Gasteiger partial charge in [0, 0.05) is 10.9 Å². The Hall–Kier alpha value is -3.46. The fourth-order valence-electron chi connectivity index (χ4n) is 3.63. The molecule has 0 radical (unpaired) electrons. The minimum absolute atomic E-state index is 0.328. The minimum Gasteiger partial charge on any atom is -0.478 e. The molecular formula is C25H21NO2. The summed E-state index contributed by atoms with van der Waals surface area (Å²) in [6, 6.07) is 26.1. The first kappa shape index (κ1) is 17.9. The van der Waals surface area contributed by atoms with Crippen LogP contribution in [0.5, 0.6) is 0 Å². The smallest absolute Gasteiger partial charge is 0.336 e. The zero-order valence-corrected chi connectivity index (χ0v) is 15.7. The average Bonchev–Trinajstić information content (AvgIpc) is 2.72. The zero-order valence-electron chi connectivity index (χ0n) is 15.7. The molecule has 0 spiro atoms. The number of nitrogens with zero attached hydrogens (tertiary/aromatic N) is 1. The standard InChI is InChI=1S/C25H21NO2/c1-17-23(25(27)28)21-9-5-6-10-22(21)26-24(17)20-15-13-19(14-16-20)12-11-18-7-3-2-4-8-18/h2-10,13-16H,11-12H2,1H3,(H,27,28). The van der Waals surface area contributed by atoms with Gasteiger partial charge in [0.05, 0.1) is 16.8 Å². The highest BCUT2D eigenvalue weighted by atomic mass is 16.4. The van der Waals surface area contributed by atoms with Gasteiger partial charge in [-0.2, -0.15) is 0 Å². The lowest BCUT2D eigenvalue weighted by molar-refractivity contribution is 0.0698. The van der Waals surface area contributed by atoms with Crippen molar-refractivity contribution in [2.75, 3.05) is 0 Å². The molecule has 1 heterocycles. The van der Waals surface area contributed by atoms with E-state index in [0.717, 1.165) is 24.1 Å². The molecule has 0 fully saturated rings. The Labute approximate surface area is 164 Å². The van der Waals surface area contributed by atoms with Crippen LogP contribution in [0.4, 0.5) is 0 Å². The lowest BCUT2D eigenvalue weighted by atomic mass is 9.96. The lowest BCUT2D eigenvalue weighted by Crippen LogP contribution is -2.05. The quantitative estimate of drug-likeness (QED) is 0.493. The van der Waals surface area contributed by atoms with E-state index >= 15 is 0 Å². The molecule has 0 saturated carbocycles. The predicted molar refractivity (Wildman–Crippen MR) is 113 cm³/mol. The molecular weight excluding hydrogens is 346 g/mol. The van der Waals surface area contributed by atoms with Gasteiger partial charge in [-0.3, -0.25) is 0 Å². The number of hydrogen-bond acceptors (Lipinski definition) is 2. The Balaban J connectivity index is 1.66. The van der Waals surface area contributed by atoms with E-state index in [9.17, 15) is 9.90 Å². The fourth-order valence-corrected chi connectivity index (χ4v) is 3.63. The average molecular weight is 367 g/mol. The van der Waals surface area contributed by atoms with Crippen LogP contribution in [0.3, 0.4) is 0 Å². The summed E-state index contributed by atoms with van der Waals surface area (Å²) in [7, 11) is 0. The molecule has 4 aromatic rings. The van der Waals surface area contributed by atoms with Gasteiger partial charge in [0.15, 0.2) is 0 Å². The maximum absolute atomic E-state index is 11.9. The zero-order chi connectivity index (χ0) is 19.5. The summed E-state index contributed by atoms with van der Waals surface area (Å²) >= 11 is 0.